The van der Waals surface area contributed by atoms with Crippen molar-refractivity contribution in [3.8, 4) is 0 Å². The van der Waals surface area contributed by atoms with E-state index in [0.717, 1.165) is 29.0 Å². The molecule has 0 spiro atoms. The Bertz CT molecular complexity index is 527. The van der Waals surface area contributed by atoms with Crippen LogP contribution in [-0.2, 0) is 13.1 Å². The molecule has 1 aromatic heterocycles. The quantitative estimate of drug-likeness (QED) is 0.909. The van der Waals surface area contributed by atoms with E-state index in [9.17, 15) is 0 Å². The first-order valence-corrected chi connectivity index (χ1v) is 6.93. The van der Waals surface area contributed by atoms with Crippen LogP contribution >= 0.6 is 27.5 Å². The molecule has 96 valence electrons. The second kappa shape index (κ2) is 6.20. The summed E-state index contributed by atoms with van der Waals surface area (Å²) in [5.41, 5.74) is 0.894. The van der Waals surface area contributed by atoms with Gasteiger partial charge in [0.25, 0.3) is 0 Å². The maximum absolute atomic E-state index is 6.14. The summed E-state index contributed by atoms with van der Waals surface area (Å²) in [7, 11) is 0. The van der Waals surface area contributed by atoms with Crippen LogP contribution in [-0.4, -0.2) is 14.8 Å². The number of benzene rings is 1. The Balaban J connectivity index is 2.04. The van der Waals surface area contributed by atoms with Crippen molar-refractivity contribution < 1.29 is 0 Å². The molecular formula is C12H14BrClN4. The minimum atomic E-state index is 0.612. The molecular weight excluding hydrogens is 316 g/mol. The first-order chi connectivity index (χ1) is 8.70. The number of aryl methyl sites for hydroxylation is 1. The molecule has 0 saturated heterocycles. The number of halogens is 2. The van der Waals surface area contributed by atoms with E-state index >= 15 is 0 Å². The SMILES string of the molecule is CCCn1ncnc1CNc1ccc(Br)cc1Cl. The minimum absolute atomic E-state index is 0.612. The van der Waals surface area contributed by atoms with Crippen molar-refractivity contribution in [2.24, 2.45) is 0 Å². The fraction of sp³-hybridized carbons (Fsp3) is 0.333. The molecule has 0 aliphatic rings. The van der Waals surface area contributed by atoms with Crippen LogP contribution in [0.15, 0.2) is 29.0 Å². The van der Waals surface area contributed by atoms with E-state index in [0.29, 0.717) is 11.6 Å². The summed E-state index contributed by atoms with van der Waals surface area (Å²) >= 11 is 9.51. The van der Waals surface area contributed by atoms with Gasteiger partial charge < -0.3 is 5.32 Å². The highest BCUT2D eigenvalue weighted by molar-refractivity contribution is 9.10. The van der Waals surface area contributed by atoms with Gasteiger partial charge in [-0.05, 0) is 24.6 Å². The van der Waals surface area contributed by atoms with E-state index in [1.807, 2.05) is 22.9 Å². The second-order valence-corrected chi connectivity index (χ2v) is 5.20. The van der Waals surface area contributed by atoms with Crippen molar-refractivity contribution in [2.75, 3.05) is 5.32 Å². The van der Waals surface area contributed by atoms with Gasteiger partial charge in [0.1, 0.15) is 12.2 Å². The average Bonchev–Trinajstić information content (AvgIpc) is 2.76. The van der Waals surface area contributed by atoms with Crippen LogP contribution in [0.1, 0.15) is 19.2 Å². The van der Waals surface area contributed by atoms with E-state index in [1.165, 1.54) is 0 Å². The van der Waals surface area contributed by atoms with E-state index in [4.69, 9.17) is 11.6 Å². The lowest BCUT2D eigenvalue weighted by atomic mass is 10.3. The van der Waals surface area contributed by atoms with Gasteiger partial charge >= 0.3 is 0 Å². The van der Waals surface area contributed by atoms with Crippen LogP contribution in [0.3, 0.4) is 0 Å². The Labute approximate surface area is 119 Å². The molecule has 0 aliphatic carbocycles. The fourth-order valence-corrected chi connectivity index (χ4v) is 2.37. The first-order valence-electron chi connectivity index (χ1n) is 5.76. The zero-order valence-electron chi connectivity index (χ0n) is 10.0. The zero-order chi connectivity index (χ0) is 13.0. The highest BCUT2D eigenvalue weighted by Gasteiger charge is 2.05. The Morgan fingerprint density at radius 2 is 2.28 bits per heavy atom. The number of anilines is 1. The van der Waals surface area contributed by atoms with Gasteiger partial charge in [-0.15, -0.1) is 0 Å². The van der Waals surface area contributed by atoms with Gasteiger partial charge in [-0.2, -0.15) is 5.10 Å². The van der Waals surface area contributed by atoms with Gasteiger partial charge in [-0.1, -0.05) is 34.5 Å². The van der Waals surface area contributed by atoms with E-state index < -0.39 is 0 Å². The number of rotatable bonds is 5. The molecule has 2 rings (SSSR count). The van der Waals surface area contributed by atoms with Gasteiger partial charge in [0.15, 0.2) is 0 Å². The number of nitrogens with one attached hydrogen (secondary N) is 1. The Kier molecular flexibility index (Phi) is 4.60. The van der Waals surface area contributed by atoms with Crippen LogP contribution < -0.4 is 5.32 Å². The normalized spacial score (nSPS) is 10.6. The molecule has 18 heavy (non-hydrogen) atoms. The summed E-state index contributed by atoms with van der Waals surface area (Å²) in [4.78, 5) is 4.23. The largest absolute Gasteiger partial charge is 0.377 e. The van der Waals surface area contributed by atoms with Crippen LogP contribution in [0.5, 0.6) is 0 Å². The summed E-state index contributed by atoms with van der Waals surface area (Å²) in [6.45, 7) is 3.61. The molecule has 0 saturated carbocycles. The van der Waals surface area contributed by atoms with Crippen LogP contribution in [0, 0.1) is 0 Å². The third kappa shape index (κ3) is 3.23. The molecule has 0 atom stereocenters. The highest BCUT2D eigenvalue weighted by atomic mass is 79.9. The van der Waals surface area contributed by atoms with Crippen LogP contribution in [0.4, 0.5) is 5.69 Å². The Morgan fingerprint density at radius 3 is 3.00 bits per heavy atom. The molecule has 4 nitrogen and oxygen atoms in total. The summed E-state index contributed by atoms with van der Waals surface area (Å²) in [6.07, 6.45) is 2.62. The molecule has 0 bridgehead atoms. The van der Waals surface area contributed by atoms with Gasteiger partial charge in [-0.25, -0.2) is 9.67 Å². The number of aromatic nitrogens is 3. The fourth-order valence-electron chi connectivity index (χ4n) is 1.63. The lowest BCUT2D eigenvalue weighted by molar-refractivity contribution is 0.574. The zero-order valence-corrected chi connectivity index (χ0v) is 12.4. The summed E-state index contributed by atoms with van der Waals surface area (Å²) in [5.74, 6) is 0.913. The molecule has 0 fully saturated rings. The number of hydrogen-bond donors (Lipinski definition) is 1. The molecule has 6 heteroatoms. The third-order valence-corrected chi connectivity index (χ3v) is 3.31. The van der Waals surface area contributed by atoms with Crippen molar-refractivity contribution in [1.82, 2.24) is 14.8 Å². The van der Waals surface area contributed by atoms with Crippen molar-refractivity contribution in [3.63, 3.8) is 0 Å². The lowest BCUT2D eigenvalue weighted by Gasteiger charge is -2.09. The molecule has 0 unspecified atom stereocenters. The number of nitrogens with zero attached hydrogens (tertiary/aromatic N) is 3. The van der Waals surface area contributed by atoms with E-state index in [1.54, 1.807) is 6.33 Å². The molecule has 0 aliphatic heterocycles. The molecule has 1 aromatic carbocycles. The Morgan fingerprint density at radius 1 is 1.44 bits per heavy atom. The predicted octanol–water partition coefficient (Wildman–Crippen LogP) is 3.72. The minimum Gasteiger partial charge on any atom is -0.377 e. The van der Waals surface area contributed by atoms with Crippen molar-refractivity contribution in [3.05, 3.63) is 39.8 Å². The molecule has 0 radical (unpaired) electrons. The average molecular weight is 330 g/mol. The monoisotopic (exact) mass is 328 g/mol. The topological polar surface area (TPSA) is 42.7 Å². The summed E-state index contributed by atoms with van der Waals surface area (Å²) < 4.78 is 2.87. The Hall–Kier alpha value is -1.07. The highest BCUT2D eigenvalue weighted by Crippen LogP contribution is 2.25. The smallest absolute Gasteiger partial charge is 0.146 e. The van der Waals surface area contributed by atoms with E-state index in [-0.39, 0.29) is 0 Å². The summed E-state index contributed by atoms with van der Waals surface area (Å²) in [6, 6.07) is 5.75. The summed E-state index contributed by atoms with van der Waals surface area (Å²) in [5, 5.41) is 8.13. The molecule has 1 heterocycles. The maximum atomic E-state index is 6.14. The van der Waals surface area contributed by atoms with Gasteiger partial charge in [0.2, 0.25) is 0 Å². The molecule has 0 amide bonds. The van der Waals surface area contributed by atoms with Crippen LogP contribution in [0.25, 0.3) is 0 Å². The molecule has 2 aromatic rings. The number of hydrogen-bond acceptors (Lipinski definition) is 3. The first kappa shape index (κ1) is 13.4. The van der Waals surface area contributed by atoms with Gasteiger partial charge in [-0.3, -0.25) is 0 Å². The van der Waals surface area contributed by atoms with Crippen molar-refractivity contribution in [2.45, 2.75) is 26.4 Å². The van der Waals surface area contributed by atoms with Crippen molar-refractivity contribution >= 4 is 33.2 Å². The molecule has 1 N–H and O–H groups in total. The van der Waals surface area contributed by atoms with Gasteiger partial charge in [0.05, 0.1) is 17.3 Å². The predicted molar refractivity (Wildman–Crippen MR) is 76.8 cm³/mol. The maximum Gasteiger partial charge on any atom is 0.146 e. The third-order valence-electron chi connectivity index (χ3n) is 2.50. The van der Waals surface area contributed by atoms with Gasteiger partial charge in [0, 0.05) is 11.0 Å². The van der Waals surface area contributed by atoms with Crippen molar-refractivity contribution in [1.29, 1.82) is 0 Å². The van der Waals surface area contributed by atoms with E-state index in [2.05, 4.69) is 38.3 Å². The van der Waals surface area contributed by atoms with Crippen LogP contribution in [0.2, 0.25) is 5.02 Å². The second-order valence-electron chi connectivity index (χ2n) is 3.88. The lowest BCUT2D eigenvalue weighted by Crippen LogP contribution is -2.10. The standard InChI is InChI=1S/C12H14BrClN4/c1-2-5-18-12(16-8-17-18)7-15-11-4-3-9(13)6-10(11)14/h3-4,6,8,15H,2,5,7H2,1H3.